The largest absolute Gasteiger partial charge is 0.497 e. The molecule has 2 aromatic rings. The molecule has 0 aliphatic carbocycles. The van der Waals surface area contributed by atoms with E-state index in [1.807, 2.05) is 24.3 Å². The zero-order valence-electron chi connectivity index (χ0n) is 11.8. The number of benzene rings is 2. The second-order valence-electron chi connectivity index (χ2n) is 4.57. The molecule has 0 aliphatic heterocycles. The molecule has 0 aliphatic rings. The van der Waals surface area contributed by atoms with Crippen molar-refractivity contribution >= 4 is 26.0 Å². The van der Waals surface area contributed by atoms with Crippen molar-refractivity contribution in [2.75, 3.05) is 14.2 Å². The summed E-state index contributed by atoms with van der Waals surface area (Å²) in [4.78, 5) is 0.251. The van der Waals surface area contributed by atoms with Crippen LogP contribution in [0.1, 0.15) is 5.56 Å². The monoisotopic (exact) mass is 369 g/mol. The zero-order chi connectivity index (χ0) is 15.5. The van der Waals surface area contributed by atoms with Gasteiger partial charge in [-0.15, -0.1) is 0 Å². The molecular weight excluding hydrogens is 354 g/mol. The highest BCUT2D eigenvalue weighted by Gasteiger charge is 2.20. The van der Waals surface area contributed by atoms with Gasteiger partial charge in [0.25, 0.3) is 0 Å². The topological polar surface area (TPSA) is 46.6 Å². The van der Waals surface area contributed by atoms with Gasteiger partial charge in [-0.25, -0.2) is 8.42 Å². The summed E-state index contributed by atoms with van der Waals surface area (Å²) >= 11 is 3.38. The van der Waals surface area contributed by atoms with Gasteiger partial charge in [0.05, 0.1) is 12.0 Å². The molecule has 112 valence electrons. The highest BCUT2D eigenvalue weighted by molar-refractivity contribution is 9.10. The van der Waals surface area contributed by atoms with E-state index in [2.05, 4.69) is 15.9 Å². The SMILES string of the molecule is COc1ccc(S(=O)(=O)N(C)Cc2cccc(Br)c2)cc1. The molecule has 0 spiro atoms. The van der Waals surface area contributed by atoms with Crippen molar-refractivity contribution in [3.05, 3.63) is 58.6 Å². The van der Waals surface area contributed by atoms with Crippen molar-refractivity contribution in [3.63, 3.8) is 0 Å². The molecule has 0 atom stereocenters. The summed E-state index contributed by atoms with van der Waals surface area (Å²) in [5.74, 6) is 0.628. The molecule has 2 aromatic carbocycles. The third kappa shape index (κ3) is 3.84. The molecule has 0 amide bonds. The van der Waals surface area contributed by atoms with Crippen LogP contribution in [0.5, 0.6) is 5.75 Å². The summed E-state index contributed by atoms with van der Waals surface area (Å²) in [6.45, 7) is 0.313. The van der Waals surface area contributed by atoms with Crippen molar-refractivity contribution in [1.82, 2.24) is 4.31 Å². The summed E-state index contributed by atoms with van der Waals surface area (Å²) in [6, 6.07) is 14.0. The van der Waals surface area contributed by atoms with E-state index in [-0.39, 0.29) is 4.90 Å². The Bertz CT molecular complexity index is 714. The fourth-order valence-electron chi connectivity index (χ4n) is 1.91. The Kier molecular flexibility index (Phi) is 5.03. The molecule has 2 rings (SSSR count). The van der Waals surface area contributed by atoms with E-state index < -0.39 is 10.0 Å². The maximum absolute atomic E-state index is 12.5. The fourth-order valence-corrected chi connectivity index (χ4v) is 3.51. The number of nitrogens with zero attached hydrogens (tertiary/aromatic N) is 1. The molecule has 4 nitrogen and oxygen atoms in total. The summed E-state index contributed by atoms with van der Waals surface area (Å²) in [7, 11) is -0.398. The molecule has 21 heavy (non-hydrogen) atoms. The lowest BCUT2D eigenvalue weighted by Crippen LogP contribution is -2.26. The van der Waals surface area contributed by atoms with Crippen molar-refractivity contribution < 1.29 is 13.2 Å². The smallest absolute Gasteiger partial charge is 0.243 e. The summed E-state index contributed by atoms with van der Waals surface area (Å²) in [6.07, 6.45) is 0. The van der Waals surface area contributed by atoms with Gasteiger partial charge in [-0.1, -0.05) is 28.1 Å². The van der Waals surface area contributed by atoms with Gasteiger partial charge in [0.15, 0.2) is 0 Å². The van der Waals surface area contributed by atoms with Gasteiger partial charge < -0.3 is 4.74 Å². The minimum Gasteiger partial charge on any atom is -0.497 e. The third-order valence-corrected chi connectivity index (χ3v) is 5.37. The molecule has 6 heteroatoms. The summed E-state index contributed by atoms with van der Waals surface area (Å²) < 4.78 is 32.3. The zero-order valence-corrected chi connectivity index (χ0v) is 14.2. The average molecular weight is 370 g/mol. The van der Waals surface area contributed by atoms with Crippen LogP contribution in [-0.4, -0.2) is 26.9 Å². The number of methoxy groups -OCH3 is 1. The molecule has 0 heterocycles. The Labute approximate surface area is 133 Å². The van der Waals surface area contributed by atoms with Crippen molar-refractivity contribution in [3.8, 4) is 5.75 Å². The molecule has 0 bridgehead atoms. The predicted octanol–water partition coefficient (Wildman–Crippen LogP) is 3.28. The van der Waals surface area contributed by atoms with Crippen LogP contribution in [0.4, 0.5) is 0 Å². The van der Waals surface area contributed by atoms with Crippen molar-refractivity contribution in [1.29, 1.82) is 0 Å². The Morgan fingerprint density at radius 1 is 1.14 bits per heavy atom. The van der Waals surface area contributed by atoms with Gasteiger partial charge in [0, 0.05) is 18.1 Å². The van der Waals surface area contributed by atoms with E-state index in [0.29, 0.717) is 12.3 Å². The lowest BCUT2D eigenvalue weighted by atomic mass is 10.2. The first kappa shape index (κ1) is 16.0. The highest BCUT2D eigenvalue weighted by atomic mass is 79.9. The van der Waals surface area contributed by atoms with Gasteiger partial charge in [-0.05, 0) is 42.0 Å². The second kappa shape index (κ2) is 6.60. The first-order valence-corrected chi connectivity index (χ1v) is 8.51. The maximum Gasteiger partial charge on any atom is 0.243 e. The minimum atomic E-state index is -3.51. The molecule has 0 fully saturated rings. The van der Waals surface area contributed by atoms with E-state index in [0.717, 1.165) is 10.0 Å². The predicted molar refractivity (Wildman–Crippen MR) is 85.8 cm³/mol. The van der Waals surface area contributed by atoms with E-state index >= 15 is 0 Å². The molecule has 0 saturated heterocycles. The van der Waals surface area contributed by atoms with E-state index in [9.17, 15) is 8.42 Å². The van der Waals surface area contributed by atoms with Crippen LogP contribution in [0.3, 0.4) is 0 Å². The van der Waals surface area contributed by atoms with Gasteiger partial charge in [0.2, 0.25) is 10.0 Å². The number of ether oxygens (including phenoxy) is 1. The molecule has 0 radical (unpaired) electrons. The maximum atomic E-state index is 12.5. The van der Waals surface area contributed by atoms with Crippen molar-refractivity contribution in [2.24, 2.45) is 0 Å². The van der Waals surface area contributed by atoms with Crippen LogP contribution in [0.2, 0.25) is 0 Å². The van der Waals surface area contributed by atoms with Crippen LogP contribution in [0.25, 0.3) is 0 Å². The Balaban J connectivity index is 2.21. The highest BCUT2D eigenvalue weighted by Crippen LogP contribution is 2.21. The van der Waals surface area contributed by atoms with Crippen LogP contribution in [0.15, 0.2) is 57.9 Å². The quantitative estimate of drug-likeness (QED) is 0.812. The van der Waals surface area contributed by atoms with E-state index in [1.54, 1.807) is 38.4 Å². The summed E-state index contributed by atoms with van der Waals surface area (Å²) in [5, 5.41) is 0. The van der Waals surface area contributed by atoms with Gasteiger partial charge in [0.1, 0.15) is 5.75 Å². The van der Waals surface area contributed by atoms with E-state index in [4.69, 9.17) is 4.74 Å². The number of rotatable bonds is 5. The Morgan fingerprint density at radius 3 is 2.38 bits per heavy atom. The van der Waals surface area contributed by atoms with Crippen LogP contribution in [-0.2, 0) is 16.6 Å². The molecular formula is C15H16BrNO3S. The normalized spacial score (nSPS) is 11.6. The molecule has 0 N–H and O–H groups in total. The number of sulfonamides is 1. The minimum absolute atomic E-state index is 0.251. The van der Waals surface area contributed by atoms with Crippen molar-refractivity contribution in [2.45, 2.75) is 11.4 Å². The van der Waals surface area contributed by atoms with Crippen LogP contribution < -0.4 is 4.74 Å². The number of halogens is 1. The average Bonchev–Trinajstić information content (AvgIpc) is 2.47. The fraction of sp³-hybridized carbons (Fsp3) is 0.200. The number of hydrogen-bond donors (Lipinski definition) is 0. The van der Waals surface area contributed by atoms with Crippen LogP contribution in [0, 0.1) is 0 Å². The molecule has 0 saturated carbocycles. The van der Waals surface area contributed by atoms with Gasteiger partial charge in [-0.3, -0.25) is 0 Å². The van der Waals surface area contributed by atoms with Crippen LogP contribution >= 0.6 is 15.9 Å². The molecule has 0 unspecified atom stereocenters. The lowest BCUT2D eigenvalue weighted by Gasteiger charge is -2.17. The van der Waals surface area contributed by atoms with E-state index in [1.165, 1.54) is 4.31 Å². The lowest BCUT2D eigenvalue weighted by molar-refractivity contribution is 0.414. The Hall–Kier alpha value is -1.37. The third-order valence-electron chi connectivity index (χ3n) is 3.06. The first-order valence-electron chi connectivity index (χ1n) is 6.28. The number of hydrogen-bond acceptors (Lipinski definition) is 3. The Morgan fingerprint density at radius 2 is 1.81 bits per heavy atom. The standard InChI is InChI=1S/C15H16BrNO3S/c1-17(11-12-4-3-5-13(16)10-12)21(18,19)15-8-6-14(20-2)7-9-15/h3-10H,11H2,1-2H3. The first-order chi connectivity index (χ1) is 9.93. The molecule has 0 aromatic heterocycles. The summed E-state index contributed by atoms with van der Waals surface area (Å²) in [5.41, 5.74) is 0.920. The second-order valence-corrected chi connectivity index (χ2v) is 7.53. The van der Waals surface area contributed by atoms with Gasteiger partial charge in [-0.2, -0.15) is 4.31 Å². The van der Waals surface area contributed by atoms with Gasteiger partial charge >= 0.3 is 0 Å².